The van der Waals surface area contributed by atoms with Crippen molar-refractivity contribution in [2.45, 2.75) is 27.2 Å². The highest BCUT2D eigenvalue weighted by molar-refractivity contribution is 6.33. The lowest BCUT2D eigenvalue weighted by Crippen LogP contribution is -2.20. The lowest BCUT2D eigenvalue weighted by molar-refractivity contribution is 0.585. The molecule has 0 saturated heterocycles. The van der Waals surface area contributed by atoms with Gasteiger partial charge in [0.15, 0.2) is 0 Å². The lowest BCUT2D eigenvalue weighted by Gasteiger charge is -2.23. The molecule has 1 aromatic carbocycles. The number of benzene rings is 1. The Labute approximate surface area is 103 Å². The van der Waals surface area contributed by atoms with Gasteiger partial charge in [0, 0.05) is 19.3 Å². The van der Waals surface area contributed by atoms with Crippen LogP contribution in [0.2, 0.25) is 5.02 Å². The smallest absolute Gasteiger partial charge is 0.0656 e. The summed E-state index contributed by atoms with van der Waals surface area (Å²) in [5.74, 6) is 0.715. The predicted octanol–water partition coefficient (Wildman–Crippen LogP) is 3.71. The second-order valence-electron chi connectivity index (χ2n) is 4.76. The molecular formula is C13H21ClN2. The summed E-state index contributed by atoms with van der Waals surface area (Å²) >= 11 is 6.04. The molecule has 0 aromatic heterocycles. The van der Waals surface area contributed by atoms with Gasteiger partial charge in [-0.15, -0.1) is 0 Å². The minimum absolute atomic E-state index is 0.636. The van der Waals surface area contributed by atoms with Crippen molar-refractivity contribution in [2.75, 3.05) is 24.2 Å². The van der Waals surface area contributed by atoms with Gasteiger partial charge < -0.3 is 10.6 Å². The van der Waals surface area contributed by atoms with Gasteiger partial charge in [0.25, 0.3) is 0 Å². The van der Waals surface area contributed by atoms with E-state index in [0.29, 0.717) is 16.6 Å². The molecule has 0 unspecified atom stereocenters. The molecule has 0 aliphatic heterocycles. The van der Waals surface area contributed by atoms with Crippen LogP contribution in [0.5, 0.6) is 0 Å². The number of nitrogens with two attached hydrogens (primary N) is 1. The van der Waals surface area contributed by atoms with E-state index in [1.54, 1.807) is 0 Å². The third-order valence-corrected chi connectivity index (χ3v) is 3.10. The van der Waals surface area contributed by atoms with Crippen LogP contribution in [0, 0.1) is 12.8 Å². The average Bonchev–Trinajstić information content (AvgIpc) is 2.20. The summed E-state index contributed by atoms with van der Waals surface area (Å²) in [5.41, 5.74) is 8.76. The van der Waals surface area contributed by atoms with Crippen LogP contribution in [-0.2, 0) is 0 Å². The first-order chi connectivity index (χ1) is 7.41. The van der Waals surface area contributed by atoms with Crippen LogP contribution in [0.3, 0.4) is 0 Å². The Kier molecular flexibility index (Phi) is 4.48. The Balaban J connectivity index is 2.82. The number of halogens is 1. The Morgan fingerprint density at radius 1 is 1.38 bits per heavy atom. The number of nitrogens with zero attached hydrogens (tertiary/aromatic N) is 1. The molecule has 0 bridgehead atoms. The van der Waals surface area contributed by atoms with E-state index in [2.05, 4.69) is 32.7 Å². The van der Waals surface area contributed by atoms with Crippen molar-refractivity contribution < 1.29 is 0 Å². The topological polar surface area (TPSA) is 29.3 Å². The maximum Gasteiger partial charge on any atom is 0.0656 e. The molecular weight excluding hydrogens is 220 g/mol. The van der Waals surface area contributed by atoms with Crippen LogP contribution >= 0.6 is 11.6 Å². The van der Waals surface area contributed by atoms with Gasteiger partial charge in [-0.2, -0.15) is 0 Å². The normalized spacial score (nSPS) is 10.9. The second kappa shape index (κ2) is 5.44. The Hall–Kier alpha value is -0.890. The second-order valence-corrected chi connectivity index (χ2v) is 5.17. The van der Waals surface area contributed by atoms with Crippen LogP contribution in [0.25, 0.3) is 0 Å². The number of nitrogen functional groups attached to an aromatic ring is 1. The van der Waals surface area contributed by atoms with Gasteiger partial charge in [-0.25, -0.2) is 0 Å². The monoisotopic (exact) mass is 240 g/mol. The van der Waals surface area contributed by atoms with Crippen LogP contribution in [0.4, 0.5) is 11.4 Å². The fourth-order valence-corrected chi connectivity index (χ4v) is 1.83. The molecule has 0 spiro atoms. The zero-order valence-electron chi connectivity index (χ0n) is 10.5. The summed E-state index contributed by atoms with van der Waals surface area (Å²) in [6.07, 6.45) is 1.18. The van der Waals surface area contributed by atoms with Crippen molar-refractivity contribution in [3.63, 3.8) is 0 Å². The zero-order valence-corrected chi connectivity index (χ0v) is 11.3. The maximum absolute atomic E-state index is 6.04. The highest BCUT2D eigenvalue weighted by atomic mass is 35.5. The standard InChI is InChI=1S/C13H21ClN2/c1-9(2)5-6-16(4)13-8-11(14)12(15)7-10(13)3/h7-9H,5-6,15H2,1-4H3. The van der Waals surface area contributed by atoms with Gasteiger partial charge in [-0.3, -0.25) is 0 Å². The summed E-state index contributed by atoms with van der Waals surface area (Å²) in [5, 5.41) is 0.636. The maximum atomic E-state index is 6.04. The molecule has 90 valence electrons. The molecule has 0 atom stereocenters. The Bertz CT molecular complexity index is 361. The quantitative estimate of drug-likeness (QED) is 0.813. The van der Waals surface area contributed by atoms with Gasteiger partial charge in [0.1, 0.15) is 0 Å². The first-order valence-electron chi connectivity index (χ1n) is 5.68. The molecule has 0 fully saturated rings. The number of aryl methyl sites for hydroxylation is 1. The number of hydrogen-bond donors (Lipinski definition) is 1. The van der Waals surface area contributed by atoms with E-state index in [0.717, 1.165) is 6.54 Å². The molecule has 1 rings (SSSR count). The van der Waals surface area contributed by atoms with E-state index in [1.807, 2.05) is 12.1 Å². The van der Waals surface area contributed by atoms with E-state index in [4.69, 9.17) is 17.3 Å². The first kappa shape index (κ1) is 13.2. The van der Waals surface area contributed by atoms with Crippen molar-refractivity contribution in [1.82, 2.24) is 0 Å². The van der Waals surface area contributed by atoms with Gasteiger partial charge in [0.2, 0.25) is 0 Å². The summed E-state index contributed by atoms with van der Waals surface area (Å²) in [6, 6.07) is 3.89. The fraction of sp³-hybridized carbons (Fsp3) is 0.538. The highest BCUT2D eigenvalue weighted by Gasteiger charge is 2.08. The van der Waals surface area contributed by atoms with E-state index in [-0.39, 0.29) is 0 Å². The first-order valence-corrected chi connectivity index (χ1v) is 6.06. The number of rotatable bonds is 4. The fourth-order valence-electron chi connectivity index (χ4n) is 1.68. The molecule has 0 saturated carbocycles. The van der Waals surface area contributed by atoms with Crippen molar-refractivity contribution in [3.8, 4) is 0 Å². The summed E-state index contributed by atoms with van der Waals surface area (Å²) < 4.78 is 0. The van der Waals surface area contributed by atoms with Crippen molar-refractivity contribution in [1.29, 1.82) is 0 Å². The molecule has 0 heterocycles. The van der Waals surface area contributed by atoms with E-state index >= 15 is 0 Å². The Morgan fingerprint density at radius 2 is 2.00 bits per heavy atom. The molecule has 2 nitrogen and oxygen atoms in total. The van der Waals surface area contributed by atoms with E-state index in [1.165, 1.54) is 17.7 Å². The third-order valence-electron chi connectivity index (χ3n) is 2.77. The van der Waals surface area contributed by atoms with Crippen molar-refractivity contribution >= 4 is 23.0 Å². The lowest BCUT2D eigenvalue weighted by atomic mass is 10.1. The largest absolute Gasteiger partial charge is 0.398 e. The number of hydrogen-bond acceptors (Lipinski definition) is 2. The SMILES string of the molecule is Cc1cc(N)c(Cl)cc1N(C)CCC(C)C. The van der Waals surface area contributed by atoms with Gasteiger partial charge in [-0.1, -0.05) is 25.4 Å². The minimum atomic E-state index is 0.636. The zero-order chi connectivity index (χ0) is 12.3. The van der Waals surface area contributed by atoms with Crippen LogP contribution < -0.4 is 10.6 Å². The average molecular weight is 241 g/mol. The van der Waals surface area contributed by atoms with Crippen molar-refractivity contribution in [3.05, 3.63) is 22.7 Å². The van der Waals surface area contributed by atoms with Crippen LogP contribution in [0.15, 0.2) is 12.1 Å². The summed E-state index contributed by atoms with van der Waals surface area (Å²) in [6.45, 7) is 7.57. The molecule has 0 aliphatic rings. The van der Waals surface area contributed by atoms with Gasteiger partial charge in [-0.05, 0) is 37.0 Å². The molecule has 3 heteroatoms. The summed E-state index contributed by atoms with van der Waals surface area (Å²) in [4.78, 5) is 2.24. The molecule has 0 aliphatic carbocycles. The van der Waals surface area contributed by atoms with Crippen molar-refractivity contribution in [2.24, 2.45) is 5.92 Å². The number of anilines is 2. The molecule has 2 N–H and O–H groups in total. The molecule has 16 heavy (non-hydrogen) atoms. The highest BCUT2D eigenvalue weighted by Crippen LogP contribution is 2.29. The third kappa shape index (κ3) is 3.31. The predicted molar refractivity (Wildman–Crippen MR) is 73.3 cm³/mol. The molecule has 0 radical (unpaired) electrons. The molecule has 1 aromatic rings. The van der Waals surface area contributed by atoms with Crippen LogP contribution in [-0.4, -0.2) is 13.6 Å². The Morgan fingerprint density at radius 3 is 2.56 bits per heavy atom. The van der Waals surface area contributed by atoms with Gasteiger partial charge >= 0.3 is 0 Å². The van der Waals surface area contributed by atoms with E-state index in [9.17, 15) is 0 Å². The summed E-state index contributed by atoms with van der Waals surface area (Å²) in [7, 11) is 2.09. The minimum Gasteiger partial charge on any atom is -0.398 e. The molecule has 0 amide bonds. The van der Waals surface area contributed by atoms with Crippen LogP contribution in [0.1, 0.15) is 25.8 Å². The van der Waals surface area contributed by atoms with E-state index < -0.39 is 0 Å². The van der Waals surface area contributed by atoms with Gasteiger partial charge in [0.05, 0.1) is 10.7 Å².